The molecule has 1 aliphatic rings. The first-order chi connectivity index (χ1) is 53.4. The largest absolute Gasteiger partial charge is 0.386 e. The number of nitrogens with zero attached hydrogens (tertiary/aromatic N) is 5. The fourth-order valence-electron chi connectivity index (χ4n) is 11.4. The maximum atomic E-state index is 12.1. The Morgan fingerprint density at radius 1 is 0.486 bits per heavy atom. The summed E-state index contributed by atoms with van der Waals surface area (Å²) < 4.78 is 31.4. The number of aliphatic hydroxyl groups excluding tert-OH is 1. The Morgan fingerprint density at radius 2 is 0.865 bits per heavy atom. The summed E-state index contributed by atoms with van der Waals surface area (Å²) in [6, 6.07) is 67.3. The van der Waals surface area contributed by atoms with E-state index >= 15 is 0 Å². The van der Waals surface area contributed by atoms with Gasteiger partial charge in [-0.3, -0.25) is 34.1 Å². The molecule has 12 aromatic rings. The van der Waals surface area contributed by atoms with Crippen LogP contribution in [0, 0.1) is 27.7 Å². The average molecular weight is 1690 g/mol. The van der Waals surface area contributed by atoms with Crippen molar-refractivity contribution in [3.63, 3.8) is 0 Å². The predicted octanol–water partition coefficient (Wildman–Crippen LogP) is 18.5. The lowest BCUT2D eigenvalue weighted by atomic mass is 10.1. The van der Waals surface area contributed by atoms with E-state index in [0.717, 1.165) is 67.4 Å². The van der Waals surface area contributed by atoms with Gasteiger partial charge < -0.3 is 54.6 Å². The number of aromatic amines is 3. The third-order valence-electron chi connectivity index (χ3n) is 17.1. The van der Waals surface area contributed by atoms with Gasteiger partial charge in [0.05, 0.1) is 91.2 Å². The van der Waals surface area contributed by atoms with Crippen LogP contribution in [0.3, 0.4) is 0 Å². The minimum atomic E-state index is -0.736. The number of hydrogen-bond acceptors (Lipinski definition) is 18. The summed E-state index contributed by atoms with van der Waals surface area (Å²) in [7, 11) is 0. The quantitative estimate of drug-likeness (QED) is 0.0195. The molecule has 0 bridgehead atoms. The molecule has 4 atom stereocenters. The molecule has 0 radical (unpaired) electrons. The zero-order chi connectivity index (χ0) is 79.0. The van der Waals surface area contributed by atoms with E-state index in [1.165, 1.54) is 29.8 Å². The number of benzene rings is 8. The van der Waals surface area contributed by atoms with Crippen molar-refractivity contribution in [1.82, 2.24) is 39.5 Å². The van der Waals surface area contributed by atoms with Gasteiger partial charge in [0, 0.05) is 67.1 Å². The molecular weight excluding hydrogens is 1610 g/mol. The minimum Gasteiger partial charge on any atom is -0.386 e. The van der Waals surface area contributed by atoms with Crippen molar-refractivity contribution in [2.75, 3.05) is 47.7 Å². The molecule has 5 heterocycles. The van der Waals surface area contributed by atoms with E-state index in [-0.39, 0.29) is 70.3 Å². The fourth-order valence-corrected chi connectivity index (χ4v) is 12.8. The van der Waals surface area contributed by atoms with Gasteiger partial charge in [0.1, 0.15) is 12.2 Å². The number of H-pyrrole nitrogens is 3. The highest BCUT2D eigenvalue weighted by molar-refractivity contribution is 14.1. The number of ether oxygens (including phenoxy) is 5. The number of hydrogen-bond donors (Lipinski definition) is 8. The molecule has 0 amide bonds. The highest BCUT2D eigenvalue weighted by atomic mass is 127. The van der Waals surface area contributed by atoms with Crippen molar-refractivity contribution in [3.05, 3.63) is 347 Å². The molecule has 0 aliphatic carbocycles. The molecule has 0 spiro atoms. The summed E-state index contributed by atoms with van der Waals surface area (Å²) in [4.78, 5) is 73.6. The average Bonchev–Trinajstić information content (AvgIpc) is 0.773. The SMILES string of the molecule is Cc1c(Cl)cccc1Nc1nc(=O)cc2n1C(c1ccccc1)COC2.Cc1c(Cl)cccc1Nc1nc(COCC(I)c2ccccc2)cc(=O)[nH]1.Cc1c(Cl)cccc1Nc1nc(COCC(O)c2ccccc2)cc(=O)[nH]1.Cc1c(Cl)cccc1Nc1nc(COCC(OC(C)(C)C)c2ccccc2)cc(=O)[nH]1. The van der Waals surface area contributed by atoms with Crippen molar-refractivity contribution < 1.29 is 28.8 Å². The van der Waals surface area contributed by atoms with Crippen LogP contribution in [0.2, 0.25) is 20.1 Å². The van der Waals surface area contributed by atoms with E-state index in [1.54, 1.807) is 6.07 Å². The number of halogens is 5. The minimum absolute atomic E-state index is 0.0601. The van der Waals surface area contributed by atoms with Gasteiger partial charge in [-0.15, -0.1) is 0 Å². The lowest BCUT2D eigenvalue weighted by Gasteiger charge is -2.31. The Kier molecular flexibility index (Phi) is 30.8. The van der Waals surface area contributed by atoms with E-state index in [0.29, 0.717) is 87.4 Å². The van der Waals surface area contributed by atoms with Crippen LogP contribution < -0.4 is 43.5 Å². The summed E-state index contributed by atoms with van der Waals surface area (Å²) in [5.41, 5.74) is 11.7. The third-order valence-corrected chi connectivity index (χ3v) is 19.8. The summed E-state index contributed by atoms with van der Waals surface area (Å²) in [6.45, 7) is 16.1. The van der Waals surface area contributed by atoms with Gasteiger partial charge in [0.15, 0.2) is 0 Å². The van der Waals surface area contributed by atoms with Crippen LogP contribution in [0.1, 0.15) is 110 Å². The molecule has 4 aromatic heterocycles. The van der Waals surface area contributed by atoms with Crippen LogP contribution in [-0.4, -0.2) is 76.6 Å². The zero-order valence-corrected chi connectivity index (χ0v) is 67.2. The number of nitrogens with one attached hydrogen (secondary N) is 7. The Morgan fingerprint density at radius 3 is 1.29 bits per heavy atom. The van der Waals surface area contributed by atoms with Gasteiger partial charge in [-0.05, 0) is 142 Å². The first kappa shape index (κ1) is 83.6. The summed E-state index contributed by atoms with van der Waals surface area (Å²) >= 11 is 27.0. The summed E-state index contributed by atoms with van der Waals surface area (Å²) in [5.74, 6) is 1.49. The van der Waals surface area contributed by atoms with Crippen LogP contribution in [-0.2, 0) is 50.1 Å². The molecule has 13 rings (SSSR count). The second-order valence-corrected chi connectivity index (χ2v) is 29.7. The van der Waals surface area contributed by atoms with E-state index in [4.69, 9.17) is 70.1 Å². The molecule has 576 valence electrons. The molecule has 0 saturated carbocycles. The number of aromatic nitrogens is 8. The van der Waals surface area contributed by atoms with Gasteiger partial charge >= 0.3 is 0 Å². The molecule has 27 heteroatoms. The molecule has 111 heavy (non-hydrogen) atoms. The molecule has 8 N–H and O–H groups in total. The zero-order valence-electron chi connectivity index (χ0n) is 62.0. The second kappa shape index (κ2) is 40.9. The van der Waals surface area contributed by atoms with Crippen LogP contribution >= 0.6 is 69.0 Å². The number of alkyl halides is 1. The van der Waals surface area contributed by atoms with E-state index < -0.39 is 6.10 Å². The number of fused-ring (bicyclic) bond motifs is 1. The Hall–Kier alpha value is -9.87. The maximum absolute atomic E-state index is 12.1. The number of aliphatic hydroxyl groups is 1. The van der Waals surface area contributed by atoms with Gasteiger partial charge in [-0.1, -0.05) is 215 Å². The van der Waals surface area contributed by atoms with Crippen molar-refractivity contribution in [2.45, 2.75) is 103 Å². The van der Waals surface area contributed by atoms with Gasteiger partial charge in [0.2, 0.25) is 23.8 Å². The molecule has 22 nitrogen and oxygen atoms in total. The van der Waals surface area contributed by atoms with Crippen LogP contribution in [0.15, 0.2) is 238 Å². The number of rotatable bonds is 25. The van der Waals surface area contributed by atoms with E-state index in [1.807, 2.05) is 217 Å². The predicted molar refractivity (Wildman–Crippen MR) is 449 cm³/mol. The van der Waals surface area contributed by atoms with Gasteiger partial charge in [-0.25, -0.2) is 15.0 Å². The highest BCUT2D eigenvalue weighted by Crippen LogP contribution is 2.34. The Labute approximate surface area is 676 Å². The lowest BCUT2D eigenvalue weighted by molar-refractivity contribution is -0.0976. The standard InChI is InChI=1S/C24H28ClN3O3.C20H19ClIN3O2.C20H20ClN3O3.C20H18ClN3O2/c1-16-19(25)11-8-12-20(16)27-23-26-18(13-22(29)28-23)14-30-15-21(31-24(2,3)4)17-9-6-5-7-10-17;1-13-16(21)8-5-9-18(13)24-20-23-15(10-19(26)25-20)11-27-12-17(22)14-6-3-2-4-7-14;1-13-16(21)8-5-9-17(13)23-20-22-15(10-19(26)24-20)11-27-12-18(25)14-6-3-2-4-7-14;1-13-16(21)8-5-9-17(13)22-20-23-19(25)10-15-11-26-12-18(24(15)20)14-6-3-2-4-7-14/h5-13,21H,14-15H2,1-4H3,(H2,26,27,28,29);2-10,17H,11-12H2,1H3,(H2,23,24,25,26);2-10,18,25H,11-12H2,1H3,(H2,22,23,24,26);2-10,18H,11-12H2,1H3,(H,22,23,25). The van der Waals surface area contributed by atoms with Crippen molar-refractivity contribution in [2.24, 2.45) is 0 Å². The Bertz CT molecular complexity index is 5140. The van der Waals surface area contributed by atoms with Crippen molar-refractivity contribution in [3.8, 4) is 0 Å². The van der Waals surface area contributed by atoms with E-state index in [2.05, 4.69) is 103 Å². The first-order valence-electron chi connectivity index (χ1n) is 35.4. The Balaban J connectivity index is 0.000000158. The highest BCUT2D eigenvalue weighted by Gasteiger charge is 2.26. The lowest BCUT2D eigenvalue weighted by Crippen LogP contribution is -2.31. The van der Waals surface area contributed by atoms with Crippen LogP contribution in [0.5, 0.6) is 0 Å². The molecule has 1 aliphatic heterocycles. The van der Waals surface area contributed by atoms with Gasteiger partial charge in [0.25, 0.3) is 22.2 Å². The molecule has 0 fully saturated rings. The normalized spacial score (nSPS) is 13.1. The first-order valence-corrected chi connectivity index (χ1v) is 38.2. The fraction of sp³-hybridized carbons (Fsp3) is 0.238. The molecule has 8 aromatic carbocycles. The van der Waals surface area contributed by atoms with Crippen molar-refractivity contribution in [1.29, 1.82) is 0 Å². The number of anilines is 8. The second-order valence-electron chi connectivity index (χ2n) is 26.6. The topological polar surface area (TPSA) is 287 Å². The van der Waals surface area contributed by atoms with Crippen molar-refractivity contribution >= 4 is 116 Å². The van der Waals surface area contributed by atoms with Crippen LogP contribution in [0.25, 0.3) is 0 Å². The molecule has 0 saturated heterocycles. The third kappa shape index (κ3) is 25.3. The molecule has 4 unspecified atom stereocenters. The smallest absolute Gasteiger partial charge is 0.274 e. The monoisotopic (exact) mass is 1690 g/mol. The molecular formula is C84H85Cl4IN12O10. The maximum Gasteiger partial charge on any atom is 0.274 e. The summed E-state index contributed by atoms with van der Waals surface area (Å²) in [5, 5.41) is 25.3. The van der Waals surface area contributed by atoms with Gasteiger partial charge in [-0.2, -0.15) is 4.98 Å². The van der Waals surface area contributed by atoms with E-state index in [9.17, 15) is 24.3 Å². The van der Waals surface area contributed by atoms with Crippen LogP contribution in [0.4, 0.5) is 46.5 Å². The summed E-state index contributed by atoms with van der Waals surface area (Å²) in [6.07, 6.45) is -0.963.